The lowest BCUT2D eigenvalue weighted by molar-refractivity contribution is 0.0696. The number of aromatic carboxylic acids is 1. The van der Waals surface area contributed by atoms with Gasteiger partial charge in [-0.25, -0.2) is 14.5 Å². The summed E-state index contributed by atoms with van der Waals surface area (Å²) in [5.74, 6) is -1.15. The van der Waals surface area contributed by atoms with Crippen LogP contribution in [0.4, 0.5) is 5.69 Å². The smallest absolute Gasteiger partial charge is 0.335 e. The molecule has 0 aliphatic rings. The third kappa shape index (κ3) is 3.53. The predicted octanol–water partition coefficient (Wildman–Crippen LogP) is 3.67. The zero-order valence-electron chi connectivity index (χ0n) is 16.2. The molecule has 0 saturated carbocycles. The van der Waals surface area contributed by atoms with E-state index in [4.69, 9.17) is 9.84 Å². The van der Waals surface area contributed by atoms with Gasteiger partial charge in [-0.1, -0.05) is 6.92 Å². The zero-order chi connectivity index (χ0) is 20.4. The number of anilines is 1. The van der Waals surface area contributed by atoms with Crippen LogP contribution in [-0.4, -0.2) is 38.9 Å². The summed E-state index contributed by atoms with van der Waals surface area (Å²) in [5, 5.41) is 17.0. The average Bonchev–Trinajstić information content (AvgIpc) is 3.10. The van der Waals surface area contributed by atoms with Crippen LogP contribution in [0.15, 0.2) is 30.5 Å². The van der Waals surface area contributed by atoms with Crippen molar-refractivity contribution in [3.05, 3.63) is 47.3 Å². The van der Waals surface area contributed by atoms with Crippen molar-refractivity contribution in [1.82, 2.24) is 14.8 Å². The summed E-state index contributed by atoms with van der Waals surface area (Å²) in [5.41, 5.74) is 2.27. The van der Waals surface area contributed by atoms with Crippen molar-refractivity contribution in [3.8, 4) is 5.75 Å². The predicted molar refractivity (Wildman–Crippen MR) is 105 cm³/mol. The first kappa shape index (κ1) is 19.3. The largest absolute Gasteiger partial charge is 0.495 e. The third-order valence-electron chi connectivity index (χ3n) is 4.64. The highest BCUT2D eigenvalue weighted by Crippen LogP contribution is 2.28. The Kier molecular flexibility index (Phi) is 5.30. The number of benzene rings is 1. The number of nitrogens with zero attached hydrogens (tertiary/aromatic N) is 3. The van der Waals surface area contributed by atoms with E-state index in [1.165, 1.54) is 25.3 Å². The monoisotopic (exact) mass is 382 g/mol. The lowest BCUT2D eigenvalue weighted by Crippen LogP contribution is -2.14. The molecule has 8 heteroatoms. The molecule has 1 atom stereocenters. The second-order valence-corrected chi connectivity index (χ2v) is 6.57. The molecule has 8 nitrogen and oxygen atoms in total. The molecule has 1 amide bonds. The van der Waals surface area contributed by atoms with Crippen molar-refractivity contribution in [2.75, 3.05) is 12.4 Å². The topological polar surface area (TPSA) is 106 Å². The molecule has 3 aromatic rings. The third-order valence-corrected chi connectivity index (χ3v) is 4.64. The number of hydrogen-bond donors (Lipinski definition) is 2. The highest BCUT2D eigenvalue weighted by molar-refractivity contribution is 6.12. The number of rotatable bonds is 6. The quantitative estimate of drug-likeness (QED) is 0.674. The minimum absolute atomic E-state index is 0.0758. The lowest BCUT2D eigenvalue weighted by Gasteiger charge is -2.13. The highest BCUT2D eigenvalue weighted by Gasteiger charge is 2.19. The van der Waals surface area contributed by atoms with E-state index in [0.717, 1.165) is 6.42 Å². The first-order chi connectivity index (χ1) is 13.3. The molecule has 1 aromatic carbocycles. The van der Waals surface area contributed by atoms with Crippen LogP contribution in [0.5, 0.6) is 5.75 Å². The summed E-state index contributed by atoms with van der Waals surface area (Å²) >= 11 is 0. The Morgan fingerprint density at radius 2 is 2.07 bits per heavy atom. The number of hydrogen-bond acceptors (Lipinski definition) is 5. The molecule has 2 aromatic heterocycles. The summed E-state index contributed by atoms with van der Waals surface area (Å²) in [4.78, 5) is 28.6. The fourth-order valence-electron chi connectivity index (χ4n) is 2.94. The fraction of sp³-hybridized carbons (Fsp3) is 0.300. The molecule has 0 radical (unpaired) electrons. The Labute approximate surface area is 162 Å². The summed E-state index contributed by atoms with van der Waals surface area (Å²) in [7, 11) is 1.42. The van der Waals surface area contributed by atoms with E-state index in [-0.39, 0.29) is 23.3 Å². The molecule has 3 rings (SSSR count). The standard InChI is InChI=1S/C20H22N4O4/c1-5-12(3)24-18-15(10-21-24)14(8-11(2)22-18)19(25)23-16-7-6-13(20(26)27)9-17(16)28-4/h6-10,12H,5H2,1-4H3,(H,23,25)(H,26,27). The Bertz CT molecular complexity index is 1060. The van der Waals surface area contributed by atoms with Crippen LogP contribution in [0.25, 0.3) is 11.0 Å². The van der Waals surface area contributed by atoms with Crippen LogP contribution in [0.2, 0.25) is 0 Å². The summed E-state index contributed by atoms with van der Waals surface area (Å²) in [6.07, 6.45) is 2.54. The van der Waals surface area contributed by atoms with E-state index in [1.54, 1.807) is 12.3 Å². The Morgan fingerprint density at radius 3 is 2.71 bits per heavy atom. The second kappa shape index (κ2) is 7.67. The summed E-state index contributed by atoms with van der Waals surface area (Å²) < 4.78 is 7.05. The van der Waals surface area contributed by atoms with Crippen LogP contribution in [0, 0.1) is 6.92 Å². The van der Waals surface area contributed by atoms with Gasteiger partial charge in [-0.2, -0.15) is 5.10 Å². The molecule has 0 spiro atoms. The number of aromatic nitrogens is 3. The zero-order valence-corrected chi connectivity index (χ0v) is 16.2. The molecule has 0 aliphatic carbocycles. The minimum atomic E-state index is -1.07. The van der Waals surface area contributed by atoms with Crippen molar-refractivity contribution in [1.29, 1.82) is 0 Å². The number of amides is 1. The number of ether oxygens (including phenoxy) is 1. The van der Waals surface area contributed by atoms with Crippen LogP contribution in [0.3, 0.4) is 0 Å². The number of aryl methyl sites for hydroxylation is 1. The Morgan fingerprint density at radius 1 is 1.32 bits per heavy atom. The van der Waals surface area contributed by atoms with Crippen molar-refractivity contribution in [2.45, 2.75) is 33.2 Å². The van der Waals surface area contributed by atoms with Crippen molar-refractivity contribution < 1.29 is 19.4 Å². The van der Waals surface area contributed by atoms with Gasteiger partial charge >= 0.3 is 5.97 Å². The summed E-state index contributed by atoms with van der Waals surface area (Å²) in [6, 6.07) is 6.15. The van der Waals surface area contributed by atoms with Crippen LogP contribution >= 0.6 is 0 Å². The number of carbonyl (C=O) groups excluding carboxylic acids is 1. The number of nitrogens with one attached hydrogen (secondary N) is 1. The average molecular weight is 382 g/mol. The van der Waals surface area contributed by atoms with Gasteiger partial charge < -0.3 is 15.2 Å². The summed E-state index contributed by atoms with van der Waals surface area (Å²) in [6.45, 7) is 5.94. The molecule has 0 bridgehead atoms. The van der Waals surface area contributed by atoms with Gasteiger partial charge in [0.05, 0.1) is 41.5 Å². The maximum absolute atomic E-state index is 13.0. The number of pyridine rings is 1. The van der Waals surface area contributed by atoms with Gasteiger partial charge in [-0.3, -0.25) is 4.79 Å². The Balaban J connectivity index is 2.01. The van der Waals surface area contributed by atoms with Gasteiger partial charge in [-0.05, 0) is 44.5 Å². The number of carboxylic acids is 1. The SMILES string of the molecule is CCC(C)n1ncc2c(C(=O)Nc3ccc(C(=O)O)cc3OC)cc(C)nc21. The maximum Gasteiger partial charge on any atom is 0.335 e. The lowest BCUT2D eigenvalue weighted by atomic mass is 10.1. The number of fused-ring (bicyclic) bond motifs is 1. The number of methoxy groups -OCH3 is 1. The maximum atomic E-state index is 13.0. The molecule has 2 heterocycles. The van der Waals surface area contributed by atoms with Crippen molar-refractivity contribution in [3.63, 3.8) is 0 Å². The molecule has 28 heavy (non-hydrogen) atoms. The van der Waals surface area contributed by atoms with Gasteiger partial charge in [0.25, 0.3) is 5.91 Å². The van der Waals surface area contributed by atoms with Gasteiger partial charge in [-0.15, -0.1) is 0 Å². The minimum Gasteiger partial charge on any atom is -0.495 e. The van der Waals surface area contributed by atoms with E-state index < -0.39 is 5.97 Å². The van der Waals surface area contributed by atoms with Crippen molar-refractivity contribution >= 4 is 28.6 Å². The molecule has 146 valence electrons. The first-order valence-corrected chi connectivity index (χ1v) is 8.93. The molecular weight excluding hydrogens is 360 g/mol. The molecule has 0 aliphatic heterocycles. The van der Waals surface area contributed by atoms with E-state index >= 15 is 0 Å². The first-order valence-electron chi connectivity index (χ1n) is 8.93. The van der Waals surface area contributed by atoms with E-state index in [2.05, 4.69) is 22.3 Å². The van der Waals surface area contributed by atoms with E-state index in [1.807, 2.05) is 18.5 Å². The molecule has 0 saturated heterocycles. The molecule has 0 fully saturated rings. The van der Waals surface area contributed by atoms with Crippen LogP contribution in [-0.2, 0) is 0 Å². The molecule has 2 N–H and O–H groups in total. The van der Waals surface area contributed by atoms with Gasteiger partial charge in [0, 0.05) is 5.69 Å². The fourth-order valence-corrected chi connectivity index (χ4v) is 2.94. The van der Waals surface area contributed by atoms with E-state index in [9.17, 15) is 9.59 Å². The Hall–Kier alpha value is -3.42. The second-order valence-electron chi connectivity index (χ2n) is 6.57. The van der Waals surface area contributed by atoms with Crippen LogP contribution in [0.1, 0.15) is 52.7 Å². The van der Waals surface area contributed by atoms with E-state index in [0.29, 0.717) is 28.0 Å². The van der Waals surface area contributed by atoms with Gasteiger partial charge in [0.15, 0.2) is 5.65 Å². The number of carbonyl (C=O) groups is 2. The normalized spacial score (nSPS) is 12.0. The molecule has 1 unspecified atom stereocenters. The van der Waals surface area contributed by atoms with Crippen LogP contribution < -0.4 is 10.1 Å². The highest BCUT2D eigenvalue weighted by atomic mass is 16.5. The van der Waals surface area contributed by atoms with Gasteiger partial charge in [0.1, 0.15) is 5.75 Å². The van der Waals surface area contributed by atoms with Crippen molar-refractivity contribution in [2.24, 2.45) is 0 Å². The number of carboxylic acid groups (broad SMARTS) is 1. The molecular formula is C20H22N4O4. The van der Waals surface area contributed by atoms with Gasteiger partial charge in [0.2, 0.25) is 0 Å².